The van der Waals surface area contributed by atoms with Gasteiger partial charge >= 0.3 is 0 Å². The third-order valence-electron chi connectivity index (χ3n) is 7.86. The first-order valence-corrected chi connectivity index (χ1v) is 10.6. The molecule has 0 aromatic heterocycles. The molecule has 2 heteroatoms. The van der Waals surface area contributed by atoms with E-state index in [0.717, 1.165) is 5.92 Å². The zero-order chi connectivity index (χ0) is 18.0. The molecule has 2 unspecified atom stereocenters. The molecule has 0 spiro atoms. The van der Waals surface area contributed by atoms with Gasteiger partial charge in [-0.1, -0.05) is 33.6 Å². The summed E-state index contributed by atoms with van der Waals surface area (Å²) in [6.45, 7) is 18.9. The Morgan fingerprint density at radius 3 is 2.08 bits per heavy atom. The Bertz CT molecular complexity index is 397. The summed E-state index contributed by atoms with van der Waals surface area (Å²) < 4.78 is 0. The molecular weight excluding hydrogens is 292 g/mol. The fraction of sp³-hybridized carbons (Fsp3) is 1.00. The number of nitrogens with zero attached hydrogens (tertiary/aromatic N) is 2. The molecule has 2 atom stereocenters. The largest absolute Gasteiger partial charge is 0.306 e. The smallest absolute Gasteiger partial charge is 0.0189 e. The van der Waals surface area contributed by atoms with E-state index in [2.05, 4.69) is 58.4 Å². The van der Waals surface area contributed by atoms with Gasteiger partial charge in [0.2, 0.25) is 0 Å². The van der Waals surface area contributed by atoms with Crippen LogP contribution in [0.3, 0.4) is 0 Å². The van der Waals surface area contributed by atoms with Crippen LogP contribution in [0.25, 0.3) is 0 Å². The highest BCUT2D eigenvalue weighted by atomic mass is 15.3. The minimum absolute atomic E-state index is 0.345. The number of rotatable bonds is 6. The van der Waals surface area contributed by atoms with Crippen molar-refractivity contribution < 1.29 is 0 Å². The first-order chi connectivity index (χ1) is 11.2. The van der Waals surface area contributed by atoms with Crippen molar-refractivity contribution in [1.29, 1.82) is 0 Å². The van der Waals surface area contributed by atoms with Gasteiger partial charge in [-0.05, 0) is 97.3 Å². The van der Waals surface area contributed by atoms with Crippen LogP contribution >= 0.6 is 0 Å². The van der Waals surface area contributed by atoms with Crippen LogP contribution in [-0.4, -0.2) is 47.6 Å². The lowest BCUT2D eigenvalue weighted by atomic mass is 9.63. The van der Waals surface area contributed by atoms with Crippen LogP contribution < -0.4 is 0 Å². The van der Waals surface area contributed by atoms with E-state index < -0.39 is 0 Å². The van der Waals surface area contributed by atoms with Gasteiger partial charge < -0.3 is 4.90 Å². The standard InChI is InChI=1S/C22H44N2/c1-8-21(5,19-12-16-23(7)17-13-19)18-22(6,9-2)24-15-11-10-14-20(24,3)4/h19H,8-18H2,1-7H3. The molecule has 142 valence electrons. The summed E-state index contributed by atoms with van der Waals surface area (Å²) in [5, 5.41) is 0. The van der Waals surface area contributed by atoms with Crippen molar-refractivity contribution in [2.24, 2.45) is 11.3 Å². The highest BCUT2D eigenvalue weighted by Gasteiger charge is 2.46. The lowest BCUT2D eigenvalue weighted by molar-refractivity contribution is -0.0615. The molecular formula is C22H44N2. The zero-order valence-electron chi connectivity index (χ0n) is 17.7. The lowest BCUT2D eigenvalue weighted by Gasteiger charge is -2.56. The first kappa shape index (κ1) is 20.2. The molecule has 2 heterocycles. The van der Waals surface area contributed by atoms with E-state index in [1.807, 2.05) is 0 Å². The van der Waals surface area contributed by atoms with Crippen molar-refractivity contribution in [3.8, 4) is 0 Å². The second kappa shape index (κ2) is 7.66. The molecule has 0 aromatic rings. The minimum Gasteiger partial charge on any atom is -0.306 e. The van der Waals surface area contributed by atoms with Gasteiger partial charge in [-0.15, -0.1) is 0 Å². The summed E-state index contributed by atoms with van der Waals surface area (Å²) in [6.07, 6.45) is 10.9. The number of piperidine rings is 2. The second-order valence-corrected chi connectivity index (χ2v) is 10.0. The Morgan fingerprint density at radius 2 is 1.58 bits per heavy atom. The monoisotopic (exact) mass is 336 g/mol. The summed E-state index contributed by atoms with van der Waals surface area (Å²) in [7, 11) is 2.28. The molecule has 0 radical (unpaired) electrons. The molecule has 2 aliphatic rings. The Hall–Kier alpha value is -0.0800. The Morgan fingerprint density at radius 1 is 0.958 bits per heavy atom. The van der Waals surface area contributed by atoms with E-state index in [0.29, 0.717) is 16.5 Å². The summed E-state index contributed by atoms with van der Waals surface area (Å²) in [5.74, 6) is 0.900. The van der Waals surface area contributed by atoms with Crippen LogP contribution in [0.1, 0.15) is 92.9 Å². The quantitative estimate of drug-likeness (QED) is 0.626. The summed E-state index contributed by atoms with van der Waals surface area (Å²) in [5.41, 5.74) is 1.20. The van der Waals surface area contributed by atoms with E-state index >= 15 is 0 Å². The fourth-order valence-corrected chi connectivity index (χ4v) is 5.81. The predicted octanol–water partition coefficient (Wildman–Crippen LogP) is 5.57. The summed E-state index contributed by atoms with van der Waals surface area (Å²) >= 11 is 0. The van der Waals surface area contributed by atoms with E-state index in [1.54, 1.807) is 0 Å². The number of likely N-dealkylation sites (tertiary alicyclic amines) is 2. The highest BCUT2D eigenvalue weighted by Crippen LogP contribution is 2.48. The average Bonchev–Trinajstić information content (AvgIpc) is 2.54. The van der Waals surface area contributed by atoms with Gasteiger partial charge in [0.1, 0.15) is 0 Å². The van der Waals surface area contributed by atoms with Crippen LogP contribution in [0.2, 0.25) is 0 Å². The predicted molar refractivity (Wildman–Crippen MR) is 107 cm³/mol. The van der Waals surface area contributed by atoms with Crippen molar-refractivity contribution in [2.75, 3.05) is 26.7 Å². The molecule has 2 rings (SSSR count). The van der Waals surface area contributed by atoms with Crippen LogP contribution in [0.4, 0.5) is 0 Å². The molecule has 2 saturated heterocycles. The maximum Gasteiger partial charge on any atom is 0.0189 e. The third kappa shape index (κ3) is 4.18. The molecule has 0 amide bonds. The van der Waals surface area contributed by atoms with Gasteiger partial charge in [0.25, 0.3) is 0 Å². The molecule has 0 aliphatic carbocycles. The number of hydrogen-bond acceptors (Lipinski definition) is 2. The van der Waals surface area contributed by atoms with Crippen molar-refractivity contribution >= 4 is 0 Å². The van der Waals surface area contributed by atoms with Crippen molar-refractivity contribution in [2.45, 2.75) is 104 Å². The van der Waals surface area contributed by atoms with Crippen LogP contribution in [0.15, 0.2) is 0 Å². The second-order valence-electron chi connectivity index (χ2n) is 10.0. The van der Waals surface area contributed by atoms with Gasteiger partial charge in [-0.25, -0.2) is 0 Å². The normalized spacial score (nSPS) is 29.1. The van der Waals surface area contributed by atoms with Crippen molar-refractivity contribution in [3.63, 3.8) is 0 Å². The van der Waals surface area contributed by atoms with Gasteiger partial charge in [0.05, 0.1) is 0 Å². The van der Waals surface area contributed by atoms with E-state index in [4.69, 9.17) is 0 Å². The molecule has 0 bridgehead atoms. The molecule has 0 saturated carbocycles. The fourth-order valence-electron chi connectivity index (χ4n) is 5.81. The van der Waals surface area contributed by atoms with Crippen molar-refractivity contribution in [1.82, 2.24) is 9.80 Å². The summed E-state index contributed by atoms with van der Waals surface area (Å²) in [6, 6.07) is 0. The number of hydrogen-bond donors (Lipinski definition) is 0. The Kier molecular flexibility index (Phi) is 6.46. The maximum absolute atomic E-state index is 2.90. The van der Waals surface area contributed by atoms with Crippen LogP contribution in [0.5, 0.6) is 0 Å². The molecule has 0 N–H and O–H groups in total. The van der Waals surface area contributed by atoms with E-state index in [-0.39, 0.29) is 0 Å². The summed E-state index contributed by atoms with van der Waals surface area (Å²) in [4.78, 5) is 5.41. The SMILES string of the molecule is CCC(C)(CC(C)(CC)N1CCCCC1(C)C)C1CCN(C)CC1. The molecule has 24 heavy (non-hydrogen) atoms. The minimum atomic E-state index is 0.345. The van der Waals surface area contributed by atoms with Gasteiger partial charge in [-0.2, -0.15) is 0 Å². The van der Waals surface area contributed by atoms with Gasteiger partial charge in [-0.3, -0.25) is 4.90 Å². The van der Waals surface area contributed by atoms with Crippen molar-refractivity contribution in [3.05, 3.63) is 0 Å². The molecule has 2 aliphatic heterocycles. The van der Waals surface area contributed by atoms with Crippen LogP contribution in [-0.2, 0) is 0 Å². The van der Waals surface area contributed by atoms with E-state index in [1.165, 1.54) is 71.0 Å². The lowest BCUT2D eigenvalue weighted by Crippen LogP contribution is -2.60. The highest BCUT2D eigenvalue weighted by molar-refractivity contribution is 5.01. The maximum atomic E-state index is 2.90. The zero-order valence-corrected chi connectivity index (χ0v) is 17.7. The average molecular weight is 337 g/mol. The molecule has 2 fully saturated rings. The Balaban J connectivity index is 2.18. The third-order valence-corrected chi connectivity index (χ3v) is 7.86. The molecule has 2 nitrogen and oxygen atoms in total. The molecule has 0 aromatic carbocycles. The Labute approximate surface area is 152 Å². The topological polar surface area (TPSA) is 6.48 Å². The van der Waals surface area contributed by atoms with Gasteiger partial charge in [0.15, 0.2) is 0 Å². The van der Waals surface area contributed by atoms with E-state index in [9.17, 15) is 0 Å². The van der Waals surface area contributed by atoms with Gasteiger partial charge in [0, 0.05) is 11.1 Å². The van der Waals surface area contributed by atoms with Crippen LogP contribution in [0, 0.1) is 11.3 Å². The first-order valence-electron chi connectivity index (χ1n) is 10.6.